The molecule has 1 aliphatic heterocycles. The molecule has 104 valence electrons. The van der Waals surface area contributed by atoms with Gasteiger partial charge in [-0.2, -0.15) is 12.6 Å². The SMILES string of the molecule is O=C(CCS)NC1CCc2ccccc2-n2ccnc21. The highest BCUT2D eigenvalue weighted by atomic mass is 32.1. The number of thiol groups is 1. The number of rotatable bonds is 3. The first kappa shape index (κ1) is 13.2. The Bertz CT molecular complexity index is 623. The number of carbonyl (C=O) groups excluding carboxylic acids is 1. The van der Waals surface area contributed by atoms with E-state index >= 15 is 0 Å². The Hall–Kier alpha value is -1.75. The number of nitrogens with zero attached hydrogens (tertiary/aromatic N) is 2. The van der Waals surface area contributed by atoms with Crippen LogP contribution in [0.1, 0.15) is 30.3 Å². The molecule has 0 aliphatic carbocycles. The number of aromatic nitrogens is 2. The fourth-order valence-electron chi connectivity index (χ4n) is 2.67. The Morgan fingerprint density at radius 2 is 2.30 bits per heavy atom. The van der Waals surface area contributed by atoms with Gasteiger partial charge < -0.3 is 9.88 Å². The van der Waals surface area contributed by atoms with Crippen molar-refractivity contribution in [1.29, 1.82) is 0 Å². The van der Waals surface area contributed by atoms with Crippen molar-refractivity contribution in [2.45, 2.75) is 25.3 Å². The normalized spacial score (nSPS) is 16.9. The highest BCUT2D eigenvalue weighted by molar-refractivity contribution is 7.80. The van der Waals surface area contributed by atoms with Crippen LogP contribution in [0.25, 0.3) is 5.69 Å². The molecule has 0 saturated heterocycles. The van der Waals surface area contributed by atoms with Crippen molar-refractivity contribution in [2.75, 3.05) is 5.75 Å². The zero-order chi connectivity index (χ0) is 13.9. The topological polar surface area (TPSA) is 46.9 Å². The summed E-state index contributed by atoms with van der Waals surface area (Å²) < 4.78 is 2.08. The molecule has 3 rings (SSSR count). The van der Waals surface area contributed by atoms with Crippen LogP contribution in [0, 0.1) is 0 Å². The predicted molar refractivity (Wildman–Crippen MR) is 81.2 cm³/mol. The molecule has 0 saturated carbocycles. The van der Waals surface area contributed by atoms with Crippen molar-refractivity contribution in [3.8, 4) is 5.69 Å². The van der Waals surface area contributed by atoms with E-state index in [1.165, 1.54) is 5.56 Å². The Balaban J connectivity index is 1.93. The number of fused-ring (bicyclic) bond motifs is 3. The van der Waals surface area contributed by atoms with Crippen LogP contribution >= 0.6 is 12.6 Å². The summed E-state index contributed by atoms with van der Waals surface area (Å²) in [5.41, 5.74) is 2.45. The van der Waals surface area contributed by atoms with Crippen molar-refractivity contribution in [1.82, 2.24) is 14.9 Å². The van der Waals surface area contributed by atoms with E-state index in [1.807, 2.05) is 12.3 Å². The molecule has 1 unspecified atom stereocenters. The molecule has 1 amide bonds. The minimum Gasteiger partial charge on any atom is -0.346 e. The van der Waals surface area contributed by atoms with E-state index < -0.39 is 0 Å². The van der Waals surface area contributed by atoms with Crippen LogP contribution < -0.4 is 5.32 Å². The van der Waals surface area contributed by atoms with Gasteiger partial charge in [0.2, 0.25) is 5.91 Å². The van der Waals surface area contributed by atoms with Gasteiger partial charge in [-0.15, -0.1) is 0 Å². The third kappa shape index (κ3) is 2.45. The minimum atomic E-state index is -0.0372. The molecular weight excluding hydrogens is 270 g/mol. The van der Waals surface area contributed by atoms with Gasteiger partial charge >= 0.3 is 0 Å². The Labute approximate surface area is 123 Å². The quantitative estimate of drug-likeness (QED) is 0.851. The highest BCUT2D eigenvalue weighted by Crippen LogP contribution is 2.28. The summed E-state index contributed by atoms with van der Waals surface area (Å²) in [7, 11) is 0. The number of hydrogen-bond donors (Lipinski definition) is 2. The van der Waals surface area contributed by atoms with E-state index in [9.17, 15) is 4.79 Å². The number of imidazole rings is 1. The number of aryl methyl sites for hydroxylation is 1. The fourth-order valence-corrected chi connectivity index (χ4v) is 2.87. The van der Waals surface area contributed by atoms with Gasteiger partial charge in [-0.25, -0.2) is 4.98 Å². The zero-order valence-corrected chi connectivity index (χ0v) is 12.0. The van der Waals surface area contributed by atoms with Gasteiger partial charge in [0, 0.05) is 24.5 Å². The average Bonchev–Trinajstić information content (AvgIpc) is 2.88. The van der Waals surface area contributed by atoms with E-state index in [0.717, 1.165) is 24.4 Å². The van der Waals surface area contributed by atoms with Crippen molar-refractivity contribution in [3.05, 3.63) is 48.0 Å². The lowest BCUT2D eigenvalue weighted by atomic mass is 10.1. The molecule has 0 bridgehead atoms. The summed E-state index contributed by atoms with van der Waals surface area (Å²) in [4.78, 5) is 16.3. The zero-order valence-electron chi connectivity index (χ0n) is 11.1. The van der Waals surface area contributed by atoms with Crippen molar-refractivity contribution < 1.29 is 4.79 Å². The second-order valence-corrected chi connectivity index (χ2v) is 5.36. The third-order valence-electron chi connectivity index (χ3n) is 3.61. The minimum absolute atomic E-state index is 0.0329. The lowest BCUT2D eigenvalue weighted by Crippen LogP contribution is -2.30. The number of nitrogens with one attached hydrogen (secondary N) is 1. The molecule has 1 N–H and O–H groups in total. The summed E-state index contributed by atoms with van der Waals surface area (Å²) in [5.74, 6) is 1.50. The maximum atomic E-state index is 11.8. The Morgan fingerprint density at radius 3 is 3.15 bits per heavy atom. The molecule has 4 nitrogen and oxygen atoms in total. The van der Waals surface area contributed by atoms with Crippen molar-refractivity contribution in [3.63, 3.8) is 0 Å². The third-order valence-corrected chi connectivity index (χ3v) is 3.83. The second-order valence-electron chi connectivity index (χ2n) is 4.92. The number of para-hydroxylation sites is 1. The van der Waals surface area contributed by atoms with E-state index in [0.29, 0.717) is 12.2 Å². The molecule has 20 heavy (non-hydrogen) atoms. The predicted octanol–water partition coefficient (Wildman–Crippen LogP) is 2.30. The molecule has 5 heteroatoms. The Morgan fingerprint density at radius 1 is 1.45 bits per heavy atom. The molecule has 2 aromatic rings. The molecule has 2 heterocycles. The van der Waals surface area contributed by atoms with E-state index in [2.05, 4.69) is 45.7 Å². The van der Waals surface area contributed by atoms with Crippen LogP contribution in [-0.4, -0.2) is 21.2 Å². The van der Waals surface area contributed by atoms with Crippen LogP contribution in [0.15, 0.2) is 36.7 Å². The molecular formula is C15H17N3OS. The lowest BCUT2D eigenvalue weighted by Gasteiger charge is -2.16. The molecule has 0 spiro atoms. The monoisotopic (exact) mass is 287 g/mol. The maximum Gasteiger partial charge on any atom is 0.221 e. The van der Waals surface area contributed by atoms with Gasteiger partial charge in [0.05, 0.1) is 6.04 Å². The summed E-state index contributed by atoms with van der Waals surface area (Å²) in [6.45, 7) is 0. The first-order valence-electron chi connectivity index (χ1n) is 6.81. The molecule has 1 atom stereocenters. The van der Waals surface area contributed by atoms with E-state index in [1.54, 1.807) is 6.20 Å². The molecule has 0 radical (unpaired) electrons. The second kappa shape index (κ2) is 5.71. The van der Waals surface area contributed by atoms with Crippen molar-refractivity contribution >= 4 is 18.5 Å². The summed E-state index contributed by atoms with van der Waals surface area (Å²) in [6.07, 6.45) is 5.98. The van der Waals surface area contributed by atoms with Gasteiger partial charge in [0.1, 0.15) is 5.82 Å². The molecule has 1 aromatic carbocycles. The van der Waals surface area contributed by atoms with Crippen molar-refractivity contribution in [2.24, 2.45) is 0 Å². The first-order valence-corrected chi connectivity index (χ1v) is 7.44. The van der Waals surface area contributed by atoms with Gasteiger partial charge in [0.15, 0.2) is 0 Å². The summed E-state index contributed by atoms with van der Waals surface area (Å²) in [5, 5.41) is 3.07. The van der Waals surface area contributed by atoms with Crippen LogP contribution in [0.5, 0.6) is 0 Å². The lowest BCUT2D eigenvalue weighted by molar-refractivity contribution is -0.121. The number of hydrogen-bond acceptors (Lipinski definition) is 3. The summed E-state index contributed by atoms with van der Waals surface area (Å²) in [6, 6.07) is 8.28. The van der Waals surface area contributed by atoms with Gasteiger partial charge in [-0.3, -0.25) is 4.79 Å². The standard InChI is InChI=1S/C15H17N3OS/c19-14(7-10-20)17-12-6-5-11-3-1-2-4-13(11)18-9-8-16-15(12)18/h1-4,8-9,12,20H,5-7,10H2,(H,17,19). The van der Waals surface area contributed by atoms with Crippen LogP contribution in [0.4, 0.5) is 0 Å². The maximum absolute atomic E-state index is 11.8. The van der Waals surface area contributed by atoms with Crippen LogP contribution in [0.3, 0.4) is 0 Å². The number of carbonyl (C=O) groups is 1. The Kier molecular flexibility index (Phi) is 3.78. The van der Waals surface area contributed by atoms with Crippen LogP contribution in [-0.2, 0) is 11.2 Å². The smallest absolute Gasteiger partial charge is 0.221 e. The largest absolute Gasteiger partial charge is 0.346 e. The van der Waals surface area contributed by atoms with Crippen LogP contribution in [0.2, 0.25) is 0 Å². The van der Waals surface area contributed by atoms with Gasteiger partial charge in [0.25, 0.3) is 0 Å². The van der Waals surface area contributed by atoms with E-state index in [-0.39, 0.29) is 11.9 Å². The first-order chi connectivity index (χ1) is 9.79. The van der Waals surface area contributed by atoms with E-state index in [4.69, 9.17) is 0 Å². The summed E-state index contributed by atoms with van der Waals surface area (Å²) >= 11 is 4.10. The average molecular weight is 287 g/mol. The number of amides is 1. The highest BCUT2D eigenvalue weighted by Gasteiger charge is 2.24. The molecule has 1 aromatic heterocycles. The molecule has 1 aliphatic rings. The molecule has 0 fully saturated rings. The van der Waals surface area contributed by atoms with Gasteiger partial charge in [-0.05, 0) is 30.2 Å². The van der Waals surface area contributed by atoms with Gasteiger partial charge in [-0.1, -0.05) is 18.2 Å². The number of benzene rings is 1. The fraction of sp³-hybridized carbons (Fsp3) is 0.333.